The Morgan fingerprint density at radius 1 is 1.47 bits per heavy atom. The molecule has 17 heavy (non-hydrogen) atoms. The molecule has 0 unspecified atom stereocenters. The first-order chi connectivity index (χ1) is 7.91. The molecular weight excluding hydrogens is 244 g/mol. The lowest BCUT2D eigenvalue weighted by atomic mass is 10.2. The number of carboxylic acid groups (broad SMARTS) is 1. The van der Waals surface area contributed by atoms with Gasteiger partial charge in [-0.05, 0) is 17.7 Å². The topological polar surface area (TPSA) is 114 Å². The number of nitrogens with zero attached hydrogens (tertiary/aromatic N) is 2. The van der Waals surface area contributed by atoms with Gasteiger partial charge in [0.1, 0.15) is 0 Å². The van der Waals surface area contributed by atoms with Crippen molar-refractivity contribution in [2.45, 2.75) is 6.92 Å². The molecule has 6 nitrogen and oxygen atoms in total. The van der Waals surface area contributed by atoms with Crippen molar-refractivity contribution in [2.24, 2.45) is 21.7 Å². The number of carboxylic acids is 1. The van der Waals surface area contributed by atoms with Crippen molar-refractivity contribution in [3.63, 3.8) is 0 Å². The summed E-state index contributed by atoms with van der Waals surface area (Å²) in [5.74, 6) is -0.904. The molecule has 0 aliphatic carbocycles. The van der Waals surface area contributed by atoms with Crippen LogP contribution >= 0.6 is 11.6 Å². The highest BCUT2D eigenvalue weighted by Gasteiger charge is 1.88. The zero-order chi connectivity index (χ0) is 13.3. The second-order valence-corrected chi connectivity index (χ2v) is 3.28. The van der Waals surface area contributed by atoms with Crippen LogP contribution < -0.4 is 11.5 Å². The van der Waals surface area contributed by atoms with Crippen molar-refractivity contribution in [1.29, 1.82) is 0 Å². The Kier molecular flexibility index (Phi) is 7.12. The average Bonchev–Trinajstić information content (AvgIpc) is 2.16. The van der Waals surface area contributed by atoms with E-state index in [-0.39, 0.29) is 5.96 Å². The Labute approximate surface area is 104 Å². The van der Waals surface area contributed by atoms with Gasteiger partial charge in [0.25, 0.3) is 5.97 Å². The first kappa shape index (κ1) is 14.9. The molecule has 1 rings (SSSR count). The van der Waals surface area contributed by atoms with Gasteiger partial charge >= 0.3 is 0 Å². The van der Waals surface area contributed by atoms with Crippen LogP contribution in [0.3, 0.4) is 0 Å². The standard InChI is InChI=1S/C8H9ClN4.C2H4O2/c9-7-3-1-2-6(4-7)5-12-13-8(10)11;1-2(3)4/h1-5H,(H4,10,11,13);1H3,(H,3,4). The Bertz CT molecular complexity index is 424. The molecule has 1 aromatic carbocycles. The van der Waals surface area contributed by atoms with Crippen LogP contribution in [0, 0.1) is 0 Å². The SMILES string of the molecule is CC(=O)O.NC(N)=NN=Cc1cccc(Cl)c1. The Morgan fingerprint density at radius 2 is 2.06 bits per heavy atom. The minimum atomic E-state index is -0.833. The predicted octanol–water partition coefficient (Wildman–Crippen LogP) is 1.04. The Balaban J connectivity index is 0.000000557. The van der Waals surface area contributed by atoms with Gasteiger partial charge < -0.3 is 16.6 Å². The fourth-order valence-electron chi connectivity index (χ4n) is 0.749. The fourth-order valence-corrected chi connectivity index (χ4v) is 0.948. The van der Waals surface area contributed by atoms with E-state index in [1.54, 1.807) is 12.1 Å². The number of nitrogens with two attached hydrogens (primary N) is 2. The van der Waals surface area contributed by atoms with E-state index in [0.717, 1.165) is 12.5 Å². The molecule has 0 bridgehead atoms. The molecule has 0 aliphatic rings. The van der Waals surface area contributed by atoms with Crippen LogP contribution in [0.5, 0.6) is 0 Å². The Morgan fingerprint density at radius 3 is 2.53 bits per heavy atom. The molecule has 0 heterocycles. The molecular formula is C10H13ClN4O2. The number of hydrogen-bond donors (Lipinski definition) is 3. The van der Waals surface area contributed by atoms with Crippen LogP contribution in [0.25, 0.3) is 0 Å². The fraction of sp³-hybridized carbons (Fsp3) is 0.100. The number of halogens is 1. The summed E-state index contributed by atoms with van der Waals surface area (Å²) in [6.07, 6.45) is 1.52. The van der Waals surface area contributed by atoms with Crippen LogP contribution in [0.4, 0.5) is 0 Å². The van der Waals surface area contributed by atoms with Crippen molar-refractivity contribution in [3.05, 3.63) is 34.9 Å². The number of benzene rings is 1. The number of rotatable bonds is 2. The van der Waals surface area contributed by atoms with Crippen LogP contribution in [-0.4, -0.2) is 23.2 Å². The average molecular weight is 257 g/mol. The van der Waals surface area contributed by atoms with Gasteiger partial charge in [-0.1, -0.05) is 23.7 Å². The van der Waals surface area contributed by atoms with E-state index < -0.39 is 5.97 Å². The van der Waals surface area contributed by atoms with Gasteiger partial charge in [-0.2, -0.15) is 5.10 Å². The minimum Gasteiger partial charge on any atom is -0.481 e. The van der Waals surface area contributed by atoms with E-state index in [9.17, 15) is 0 Å². The van der Waals surface area contributed by atoms with Crippen LogP contribution in [0.15, 0.2) is 34.5 Å². The summed E-state index contributed by atoms with van der Waals surface area (Å²) in [7, 11) is 0. The molecule has 92 valence electrons. The van der Waals surface area contributed by atoms with Gasteiger partial charge in [0.05, 0.1) is 6.21 Å². The van der Waals surface area contributed by atoms with Crippen LogP contribution in [0.1, 0.15) is 12.5 Å². The lowest BCUT2D eigenvalue weighted by Gasteiger charge is -1.91. The normalized spacial score (nSPS) is 9.29. The van der Waals surface area contributed by atoms with Gasteiger partial charge in [-0.3, -0.25) is 4.79 Å². The summed E-state index contributed by atoms with van der Waals surface area (Å²) in [6.45, 7) is 1.08. The van der Waals surface area contributed by atoms with Crippen LogP contribution in [0.2, 0.25) is 5.02 Å². The lowest BCUT2D eigenvalue weighted by molar-refractivity contribution is -0.134. The quantitative estimate of drug-likeness (QED) is 0.417. The maximum Gasteiger partial charge on any atom is 0.300 e. The molecule has 0 radical (unpaired) electrons. The molecule has 1 aromatic rings. The second kappa shape index (κ2) is 8.12. The number of aliphatic carboxylic acids is 1. The van der Waals surface area contributed by atoms with Gasteiger partial charge in [0.15, 0.2) is 0 Å². The van der Waals surface area contributed by atoms with E-state index in [0.29, 0.717) is 5.02 Å². The molecule has 0 spiro atoms. The minimum absolute atomic E-state index is 0.0710. The summed E-state index contributed by atoms with van der Waals surface area (Å²) < 4.78 is 0. The zero-order valence-corrected chi connectivity index (χ0v) is 9.93. The molecule has 0 saturated heterocycles. The summed E-state index contributed by atoms with van der Waals surface area (Å²) in [5.41, 5.74) is 11.0. The van der Waals surface area contributed by atoms with Crippen molar-refractivity contribution >= 4 is 29.7 Å². The highest BCUT2D eigenvalue weighted by atomic mass is 35.5. The third kappa shape index (κ3) is 10.2. The summed E-state index contributed by atoms with van der Waals surface area (Å²) in [4.78, 5) is 9.00. The van der Waals surface area contributed by atoms with Crippen LogP contribution in [-0.2, 0) is 4.79 Å². The van der Waals surface area contributed by atoms with Gasteiger partial charge in [0.2, 0.25) is 5.96 Å². The van der Waals surface area contributed by atoms with E-state index in [1.807, 2.05) is 12.1 Å². The predicted molar refractivity (Wildman–Crippen MR) is 68.2 cm³/mol. The molecule has 0 aliphatic heterocycles. The number of carbonyl (C=O) groups is 1. The maximum atomic E-state index is 9.00. The monoisotopic (exact) mass is 256 g/mol. The van der Waals surface area contributed by atoms with Crippen molar-refractivity contribution in [3.8, 4) is 0 Å². The summed E-state index contributed by atoms with van der Waals surface area (Å²) >= 11 is 5.74. The van der Waals surface area contributed by atoms with E-state index in [2.05, 4.69) is 10.2 Å². The number of guanidine groups is 1. The van der Waals surface area contributed by atoms with E-state index in [1.165, 1.54) is 6.21 Å². The smallest absolute Gasteiger partial charge is 0.300 e. The molecule has 5 N–H and O–H groups in total. The largest absolute Gasteiger partial charge is 0.481 e. The first-order valence-corrected chi connectivity index (χ1v) is 4.86. The summed E-state index contributed by atoms with van der Waals surface area (Å²) in [5, 5.41) is 15.1. The maximum absolute atomic E-state index is 9.00. The first-order valence-electron chi connectivity index (χ1n) is 4.49. The van der Waals surface area contributed by atoms with Crippen molar-refractivity contribution in [1.82, 2.24) is 0 Å². The molecule has 0 saturated carbocycles. The zero-order valence-electron chi connectivity index (χ0n) is 9.17. The van der Waals surface area contributed by atoms with Crippen molar-refractivity contribution in [2.75, 3.05) is 0 Å². The highest BCUT2D eigenvalue weighted by Crippen LogP contribution is 2.08. The number of hydrogen-bond acceptors (Lipinski definition) is 3. The second-order valence-electron chi connectivity index (χ2n) is 2.84. The van der Waals surface area contributed by atoms with E-state index >= 15 is 0 Å². The molecule has 0 atom stereocenters. The third-order valence-electron chi connectivity index (χ3n) is 1.23. The Hall–Kier alpha value is -2.08. The van der Waals surface area contributed by atoms with Crippen molar-refractivity contribution < 1.29 is 9.90 Å². The molecule has 7 heteroatoms. The van der Waals surface area contributed by atoms with E-state index in [4.69, 9.17) is 33.0 Å². The summed E-state index contributed by atoms with van der Waals surface area (Å²) in [6, 6.07) is 7.20. The third-order valence-corrected chi connectivity index (χ3v) is 1.46. The van der Waals surface area contributed by atoms with Gasteiger partial charge in [0, 0.05) is 11.9 Å². The van der Waals surface area contributed by atoms with Gasteiger partial charge in [-0.15, -0.1) is 5.10 Å². The molecule has 0 aromatic heterocycles. The lowest BCUT2D eigenvalue weighted by Crippen LogP contribution is -2.21. The molecule has 0 amide bonds. The molecule has 0 fully saturated rings. The highest BCUT2D eigenvalue weighted by molar-refractivity contribution is 6.30. The van der Waals surface area contributed by atoms with Gasteiger partial charge in [-0.25, -0.2) is 0 Å².